The van der Waals surface area contributed by atoms with Crippen LogP contribution in [0.4, 0.5) is 10.5 Å². The number of unbranched alkanes of at least 4 members (excludes halogenated alkanes) is 2. The van der Waals surface area contributed by atoms with Gasteiger partial charge in [0, 0.05) is 18.3 Å². The highest BCUT2D eigenvalue weighted by atomic mass is 35.5. The average molecular weight is 369 g/mol. The van der Waals surface area contributed by atoms with Gasteiger partial charge in [-0.3, -0.25) is 10.2 Å². The molecule has 3 saturated heterocycles. The predicted molar refractivity (Wildman–Crippen MR) is 102 cm³/mol. The SMILES string of the molecule is CCCCCOc1cccc(NC(=O)OC2CN3CCC2CC3)c1.Cl. The zero-order chi connectivity index (χ0) is 16.8. The molecule has 6 heteroatoms. The first kappa shape index (κ1) is 19.9. The van der Waals surface area contributed by atoms with Gasteiger partial charge in [-0.05, 0) is 50.4 Å². The molecule has 0 aromatic heterocycles. The van der Waals surface area contributed by atoms with Gasteiger partial charge < -0.3 is 9.47 Å². The molecule has 2 bridgehead atoms. The van der Waals surface area contributed by atoms with Gasteiger partial charge in [0.05, 0.1) is 6.61 Å². The molecule has 1 amide bonds. The number of ether oxygens (including phenoxy) is 2. The lowest BCUT2D eigenvalue weighted by Crippen LogP contribution is -2.52. The number of halogens is 1. The van der Waals surface area contributed by atoms with Crippen molar-refractivity contribution in [1.29, 1.82) is 0 Å². The third kappa shape index (κ3) is 5.79. The van der Waals surface area contributed by atoms with E-state index in [1.54, 1.807) is 0 Å². The van der Waals surface area contributed by atoms with E-state index in [-0.39, 0.29) is 24.6 Å². The molecule has 3 heterocycles. The molecule has 1 unspecified atom stereocenters. The fourth-order valence-corrected chi connectivity index (χ4v) is 3.53. The van der Waals surface area contributed by atoms with Crippen molar-refractivity contribution in [3.8, 4) is 5.75 Å². The van der Waals surface area contributed by atoms with Crippen LogP contribution < -0.4 is 10.1 Å². The first-order valence-electron chi connectivity index (χ1n) is 9.17. The molecule has 3 fully saturated rings. The Balaban J connectivity index is 0.00000225. The van der Waals surface area contributed by atoms with E-state index in [1.807, 2.05) is 24.3 Å². The van der Waals surface area contributed by atoms with Gasteiger partial charge in [0.25, 0.3) is 0 Å². The topological polar surface area (TPSA) is 50.8 Å². The first-order valence-corrected chi connectivity index (χ1v) is 9.17. The molecular weight excluding hydrogens is 340 g/mol. The van der Waals surface area contributed by atoms with Gasteiger partial charge in [-0.25, -0.2) is 4.79 Å². The van der Waals surface area contributed by atoms with E-state index in [2.05, 4.69) is 17.1 Å². The van der Waals surface area contributed by atoms with Gasteiger partial charge in [-0.1, -0.05) is 25.8 Å². The summed E-state index contributed by atoms with van der Waals surface area (Å²) in [4.78, 5) is 14.6. The van der Waals surface area contributed by atoms with Crippen molar-refractivity contribution in [3.63, 3.8) is 0 Å². The number of hydrogen-bond donors (Lipinski definition) is 1. The highest BCUT2D eigenvalue weighted by Gasteiger charge is 2.36. The van der Waals surface area contributed by atoms with Crippen molar-refractivity contribution in [2.45, 2.75) is 45.1 Å². The van der Waals surface area contributed by atoms with Gasteiger partial charge in [-0.15, -0.1) is 12.4 Å². The van der Waals surface area contributed by atoms with Crippen LogP contribution in [0.25, 0.3) is 0 Å². The van der Waals surface area contributed by atoms with Crippen molar-refractivity contribution in [1.82, 2.24) is 4.90 Å². The number of carbonyl (C=O) groups excluding carboxylic acids is 1. The maximum absolute atomic E-state index is 12.2. The maximum Gasteiger partial charge on any atom is 0.411 e. The summed E-state index contributed by atoms with van der Waals surface area (Å²) < 4.78 is 11.4. The lowest BCUT2D eigenvalue weighted by atomic mass is 9.86. The van der Waals surface area contributed by atoms with Crippen LogP contribution >= 0.6 is 12.4 Å². The normalized spacial score (nSPS) is 24.3. The van der Waals surface area contributed by atoms with E-state index in [1.165, 1.54) is 12.8 Å². The molecule has 0 aliphatic carbocycles. The summed E-state index contributed by atoms with van der Waals surface area (Å²) >= 11 is 0. The number of nitrogens with one attached hydrogen (secondary N) is 1. The second-order valence-electron chi connectivity index (χ2n) is 6.79. The lowest BCUT2D eigenvalue weighted by molar-refractivity contribution is -0.0289. The molecule has 1 N–H and O–H groups in total. The second kappa shape index (κ2) is 9.88. The summed E-state index contributed by atoms with van der Waals surface area (Å²) in [5.74, 6) is 1.31. The number of piperidine rings is 3. The third-order valence-corrected chi connectivity index (χ3v) is 4.95. The quantitative estimate of drug-likeness (QED) is 0.728. The molecule has 3 aliphatic rings. The van der Waals surface area contributed by atoms with Gasteiger partial charge in [-0.2, -0.15) is 0 Å². The molecule has 3 aliphatic heterocycles. The minimum Gasteiger partial charge on any atom is -0.494 e. The van der Waals surface area contributed by atoms with E-state index >= 15 is 0 Å². The maximum atomic E-state index is 12.2. The van der Waals surface area contributed by atoms with Crippen molar-refractivity contribution >= 4 is 24.2 Å². The van der Waals surface area contributed by atoms with Crippen LogP contribution in [-0.2, 0) is 4.74 Å². The average Bonchev–Trinajstić information content (AvgIpc) is 2.60. The van der Waals surface area contributed by atoms with E-state index in [4.69, 9.17) is 9.47 Å². The summed E-state index contributed by atoms with van der Waals surface area (Å²) in [5, 5.41) is 2.83. The minimum atomic E-state index is -0.364. The Morgan fingerprint density at radius 3 is 2.76 bits per heavy atom. The molecule has 0 spiro atoms. The van der Waals surface area contributed by atoms with Crippen LogP contribution in [0.2, 0.25) is 0 Å². The number of nitrogens with zero attached hydrogens (tertiary/aromatic N) is 1. The van der Waals surface area contributed by atoms with Gasteiger partial charge >= 0.3 is 6.09 Å². The summed E-state index contributed by atoms with van der Waals surface area (Å²) in [7, 11) is 0. The van der Waals surface area contributed by atoms with Crippen LogP contribution in [0.1, 0.15) is 39.0 Å². The smallest absolute Gasteiger partial charge is 0.411 e. The number of amides is 1. The van der Waals surface area contributed by atoms with Crippen molar-refractivity contribution in [3.05, 3.63) is 24.3 Å². The summed E-state index contributed by atoms with van der Waals surface area (Å²) in [5.41, 5.74) is 0.717. The van der Waals surface area contributed by atoms with E-state index in [0.717, 1.165) is 44.6 Å². The van der Waals surface area contributed by atoms with Crippen LogP contribution in [0, 0.1) is 5.92 Å². The van der Waals surface area contributed by atoms with E-state index in [9.17, 15) is 4.79 Å². The van der Waals surface area contributed by atoms with Crippen molar-refractivity contribution in [2.75, 3.05) is 31.6 Å². The Hall–Kier alpha value is -1.46. The Bertz CT molecular complexity index is 547. The monoisotopic (exact) mass is 368 g/mol. The van der Waals surface area contributed by atoms with Gasteiger partial charge in [0.2, 0.25) is 0 Å². The van der Waals surface area contributed by atoms with E-state index in [0.29, 0.717) is 18.2 Å². The molecule has 0 radical (unpaired) electrons. The molecule has 5 nitrogen and oxygen atoms in total. The fraction of sp³-hybridized carbons (Fsp3) is 0.632. The minimum absolute atomic E-state index is 0. The molecule has 140 valence electrons. The zero-order valence-corrected chi connectivity index (χ0v) is 15.7. The Morgan fingerprint density at radius 1 is 1.28 bits per heavy atom. The van der Waals surface area contributed by atoms with Crippen molar-refractivity contribution < 1.29 is 14.3 Å². The van der Waals surface area contributed by atoms with Crippen LogP contribution in [0.5, 0.6) is 5.75 Å². The molecule has 1 aromatic carbocycles. The second-order valence-corrected chi connectivity index (χ2v) is 6.79. The number of anilines is 1. The standard InChI is InChI=1S/C19H28N2O3.ClH/c1-2-3-4-12-23-17-7-5-6-16(13-17)20-19(22)24-18-14-21-10-8-15(18)9-11-21;/h5-7,13,15,18H,2-4,8-12,14H2,1H3,(H,20,22);1H. The van der Waals surface area contributed by atoms with Crippen LogP contribution in [-0.4, -0.2) is 43.3 Å². The Kier molecular flexibility index (Phi) is 7.85. The highest BCUT2D eigenvalue weighted by Crippen LogP contribution is 2.29. The molecule has 4 rings (SSSR count). The molecule has 0 saturated carbocycles. The Labute approximate surface area is 156 Å². The zero-order valence-electron chi connectivity index (χ0n) is 14.9. The van der Waals surface area contributed by atoms with Gasteiger partial charge in [0.1, 0.15) is 11.9 Å². The molecule has 1 aromatic rings. The lowest BCUT2D eigenvalue weighted by Gasteiger charge is -2.43. The number of rotatable bonds is 7. The fourth-order valence-electron chi connectivity index (χ4n) is 3.53. The first-order chi connectivity index (χ1) is 11.7. The van der Waals surface area contributed by atoms with E-state index < -0.39 is 0 Å². The largest absolute Gasteiger partial charge is 0.494 e. The number of benzene rings is 1. The predicted octanol–water partition coefficient (Wildman–Crippen LogP) is 4.32. The summed E-state index contributed by atoms with van der Waals surface area (Å²) in [6.45, 7) is 6.04. The number of carbonyl (C=O) groups is 1. The number of fused-ring (bicyclic) bond motifs is 3. The highest BCUT2D eigenvalue weighted by molar-refractivity contribution is 5.85. The molecule has 25 heavy (non-hydrogen) atoms. The molecule has 1 atom stereocenters. The molecular formula is C19H29ClN2O3. The third-order valence-electron chi connectivity index (χ3n) is 4.95. The summed E-state index contributed by atoms with van der Waals surface area (Å²) in [6, 6.07) is 7.51. The van der Waals surface area contributed by atoms with Crippen LogP contribution in [0.15, 0.2) is 24.3 Å². The summed E-state index contributed by atoms with van der Waals surface area (Å²) in [6.07, 6.45) is 5.34. The number of hydrogen-bond acceptors (Lipinski definition) is 4. The van der Waals surface area contributed by atoms with Gasteiger partial charge in [0.15, 0.2) is 0 Å². The van der Waals surface area contributed by atoms with Crippen LogP contribution in [0.3, 0.4) is 0 Å². The van der Waals surface area contributed by atoms with Crippen molar-refractivity contribution in [2.24, 2.45) is 5.92 Å². The Morgan fingerprint density at radius 2 is 2.08 bits per heavy atom.